The number of nitrogens with one attached hydrogen (secondary N) is 1. The molecule has 1 aromatic carbocycles. The lowest BCUT2D eigenvalue weighted by Gasteiger charge is -2.26. The fourth-order valence-corrected chi connectivity index (χ4v) is 3.74. The van der Waals surface area contributed by atoms with Crippen molar-refractivity contribution in [2.24, 2.45) is 0 Å². The zero-order valence-electron chi connectivity index (χ0n) is 14.9. The highest BCUT2D eigenvalue weighted by atomic mass is 15.4. The molecular weight excluding hydrogens is 352 g/mol. The van der Waals surface area contributed by atoms with Crippen LogP contribution < -0.4 is 5.32 Å². The molecule has 0 saturated heterocycles. The van der Waals surface area contributed by atoms with Crippen molar-refractivity contribution in [2.75, 3.05) is 6.54 Å². The SMILES string of the molecule is C1=CC(c2cc3nnc(-c4ccccc4)n3nc2C2CNCc3ncnn32)=C1. The summed E-state index contributed by atoms with van der Waals surface area (Å²) in [7, 11) is 0. The molecule has 1 atom stereocenters. The average Bonchev–Trinajstić information content (AvgIpc) is 3.33. The van der Waals surface area contributed by atoms with Crippen LogP contribution in [0.15, 0.2) is 61.0 Å². The third-order valence-electron chi connectivity index (χ3n) is 5.20. The van der Waals surface area contributed by atoms with Crippen LogP contribution in [0.2, 0.25) is 0 Å². The minimum atomic E-state index is -0.0495. The van der Waals surface area contributed by atoms with E-state index in [1.807, 2.05) is 45.6 Å². The van der Waals surface area contributed by atoms with Crippen molar-refractivity contribution in [3.63, 3.8) is 0 Å². The van der Waals surface area contributed by atoms with Gasteiger partial charge in [0.15, 0.2) is 11.5 Å². The van der Waals surface area contributed by atoms with Crippen LogP contribution in [0.3, 0.4) is 0 Å². The van der Waals surface area contributed by atoms with Gasteiger partial charge >= 0.3 is 0 Å². The predicted molar refractivity (Wildman–Crippen MR) is 103 cm³/mol. The summed E-state index contributed by atoms with van der Waals surface area (Å²) in [5, 5.41) is 21.6. The monoisotopic (exact) mass is 368 g/mol. The molecule has 0 radical (unpaired) electrons. The van der Waals surface area contributed by atoms with Gasteiger partial charge in [0.2, 0.25) is 0 Å². The van der Waals surface area contributed by atoms with E-state index in [-0.39, 0.29) is 6.04 Å². The number of aromatic nitrogens is 7. The molecule has 1 aliphatic heterocycles. The molecule has 0 saturated carbocycles. The van der Waals surface area contributed by atoms with Gasteiger partial charge < -0.3 is 5.32 Å². The largest absolute Gasteiger partial charge is 0.307 e. The Morgan fingerprint density at radius 1 is 1.11 bits per heavy atom. The van der Waals surface area contributed by atoms with Crippen LogP contribution in [0.4, 0.5) is 0 Å². The molecule has 0 spiro atoms. The van der Waals surface area contributed by atoms with Crippen molar-refractivity contribution in [1.82, 2.24) is 39.9 Å². The second-order valence-corrected chi connectivity index (χ2v) is 6.85. The molecule has 136 valence electrons. The molecule has 3 aromatic heterocycles. The number of hydrogen-bond donors (Lipinski definition) is 1. The molecule has 0 bridgehead atoms. The third-order valence-corrected chi connectivity index (χ3v) is 5.20. The second-order valence-electron chi connectivity index (χ2n) is 6.85. The minimum Gasteiger partial charge on any atom is -0.307 e. The van der Waals surface area contributed by atoms with Crippen LogP contribution in [0.1, 0.15) is 23.1 Å². The standard InChI is InChI=1S/C20H16N8/c1-2-5-14(6-3-1)20-25-24-17-9-15(13-7-4-8-13)19(26-28(17)20)16-10-21-11-18-22-12-23-27(16)18/h1-9,12,16,21H,10-11H2. The van der Waals surface area contributed by atoms with Crippen LogP contribution in [-0.2, 0) is 6.54 Å². The van der Waals surface area contributed by atoms with Gasteiger partial charge in [0, 0.05) is 17.7 Å². The average molecular weight is 368 g/mol. The molecule has 28 heavy (non-hydrogen) atoms. The molecule has 6 rings (SSSR count). The zero-order chi connectivity index (χ0) is 18.5. The topological polar surface area (TPSA) is 85.8 Å². The summed E-state index contributed by atoms with van der Waals surface area (Å²) < 4.78 is 3.78. The minimum absolute atomic E-state index is 0.0495. The zero-order valence-corrected chi connectivity index (χ0v) is 14.9. The smallest absolute Gasteiger partial charge is 0.185 e. The summed E-state index contributed by atoms with van der Waals surface area (Å²) in [5.41, 5.74) is 4.83. The van der Waals surface area contributed by atoms with E-state index in [9.17, 15) is 0 Å². The Morgan fingerprint density at radius 3 is 2.82 bits per heavy atom. The van der Waals surface area contributed by atoms with Gasteiger partial charge in [-0.05, 0) is 11.6 Å². The Bertz CT molecular complexity index is 1250. The number of allylic oxidation sites excluding steroid dienone is 4. The van der Waals surface area contributed by atoms with Crippen LogP contribution in [0.25, 0.3) is 22.6 Å². The van der Waals surface area contributed by atoms with E-state index in [2.05, 4.69) is 43.8 Å². The summed E-state index contributed by atoms with van der Waals surface area (Å²) in [6.45, 7) is 1.44. The maximum absolute atomic E-state index is 5.00. The normalized spacial score (nSPS) is 18.0. The van der Waals surface area contributed by atoms with Crippen molar-refractivity contribution in [3.8, 4) is 11.4 Å². The van der Waals surface area contributed by atoms with E-state index < -0.39 is 0 Å². The van der Waals surface area contributed by atoms with E-state index >= 15 is 0 Å². The summed E-state index contributed by atoms with van der Waals surface area (Å²) in [4.78, 5) is 4.36. The van der Waals surface area contributed by atoms with Gasteiger partial charge in [0.25, 0.3) is 0 Å². The van der Waals surface area contributed by atoms with Gasteiger partial charge in [0.05, 0.1) is 12.2 Å². The number of benzene rings is 1. The summed E-state index contributed by atoms with van der Waals surface area (Å²) >= 11 is 0. The maximum atomic E-state index is 5.00. The molecule has 8 heteroatoms. The molecule has 1 unspecified atom stereocenters. The van der Waals surface area contributed by atoms with Crippen molar-refractivity contribution in [3.05, 3.63) is 78.0 Å². The van der Waals surface area contributed by atoms with Crippen LogP contribution >= 0.6 is 0 Å². The fraction of sp³-hybridized carbons (Fsp3) is 0.150. The van der Waals surface area contributed by atoms with Gasteiger partial charge in [-0.25, -0.2) is 9.67 Å². The maximum Gasteiger partial charge on any atom is 0.185 e. The van der Waals surface area contributed by atoms with E-state index in [0.29, 0.717) is 6.54 Å². The predicted octanol–water partition coefficient (Wildman–Crippen LogP) is 2.03. The number of fused-ring (bicyclic) bond motifs is 2. The van der Waals surface area contributed by atoms with Crippen LogP contribution in [-0.4, -0.2) is 41.1 Å². The highest BCUT2D eigenvalue weighted by Crippen LogP contribution is 2.32. The molecule has 1 aliphatic carbocycles. The number of hydrogen-bond acceptors (Lipinski definition) is 6. The first-order valence-corrected chi connectivity index (χ1v) is 9.18. The van der Waals surface area contributed by atoms with Gasteiger partial charge in [-0.2, -0.15) is 14.7 Å². The molecule has 4 heterocycles. The quantitative estimate of drug-likeness (QED) is 0.596. The molecular formula is C20H16N8. The molecule has 8 nitrogen and oxygen atoms in total. The highest BCUT2D eigenvalue weighted by Gasteiger charge is 2.28. The Balaban J connectivity index is 1.59. The van der Waals surface area contributed by atoms with E-state index in [4.69, 9.17) is 5.10 Å². The molecule has 1 N–H and O–H groups in total. The molecule has 0 fully saturated rings. The van der Waals surface area contributed by atoms with Crippen molar-refractivity contribution in [2.45, 2.75) is 12.6 Å². The van der Waals surface area contributed by atoms with Gasteiger partial charge in [0.1, 0.15) is 18.2 Å². The van der Waals surface area contributed by atoms with Crippen LogP contribution in [0.5, 0.6) is 0 Å². The Labute approximate surface area is 160 Å². The van der Waals surface area contributed by atoms with Crippen molar-refractivity contribution >= 4 is 11.2 Å². The van der Waals surface area contributed by atoms with Gasteiger partial charge in [-0.1, -0.05) is 48.6 Å². The number of nitrogens with zero attached hydrogens (tertiary/aromatic N) is 7. The van der Waals surface area contributed by atoms with Gasteiger partial charge in [-0.15, -0.1) is 10.2 Å². The first-order valence-electron chi connectivity index (χ1n) is 9.18. The molecule has 2 aliphatic rings. The van der Waals surface area contributed by atoms with E-state index in [1.54, 1.807) is 6.33 Å². The Kier molecular flexibility index (Phi) is 3.26. The van der Waals surface area contributed by atoms with Crippen molar-refractivity contribution in [1.29, 1.82) is 0 Å². The van der Waals surface area contributed by atoms with E-state index in [0.717, 1.165) is 46.2 Å². The lowest BCUT2D eigenvalue weighted by molar-refractivity contribution is 0.398. The first-order chi connectivity index (χ1) is 13.9. The van der Waals surface area contributed by atoms with E-state index in [1.165, 1.54) is 0 Å². The lowest BCUT2D eigenvalue weighted by Crippen LogP contribution is -2.35. The Hall–Kier alpha value is -3.65. The second kappa shape index (κ2) is 5.93. The fourth-order valence-electron chi connectivity index (χ4n) is 3.74. The number of rotatable bonds is 3. The highest BCUT2D eigenvalue weighted by molar-refractivity contribution is 5.83. The van der Waals surface area contributed by atoms with Crippen LogP contribution in [0, 0.1) is 0 Å². The lowest BCUT2D eigenvalue weighted by atomic mass is 9.95. The van der Waals surface area contributed by atoms with Crippen molar-refractivity contribution < 1.29 is 0 Å². The first kappa shape index (κ1) is 15.4. The molecule has 4 aromatic rings. The summed E-state index contributed by atoms with van der Waals surface area (Å²) in [5.74, 6) is 1.64. The third kappa shape index (κ3) is 2.25. The summed E-state index contributed by atoms with van der Waals surface area (Å²) in [6, 6.07) is 12.0. The van der Waals surface area contributed by atoms with Gasteiger partial charge in [-0.3, -0.25) is 0 Å². The summed E-state index contributed by atoms with van der Waals surface area (Å²) in [6.07, 6.45) is 7.81. The Morgan fingerprint density at radius 2 is 2.00 bits per heavy atom. The molecule has 0 amide bonds.